The van der Waals surface area contributed by atoms with Crippen molar-refractivity contribution >= 4 is 0 Å². The maximum atomic E-state index is 9.70. The van der Waals surface area contributed by atoms with E-state index >= 15 is 0 Å². The molecular formula is C13H19NO4. The van der Waals surface area contributed by atoms with E-state index in [-0.39, 0.29) is 13.2 Å². The molecule has 5 N–H and O–H groups in total. The quantitative estimate of drug-likeness (QED) is 0.564. The maximum Gasteiger partial charge on any atom is 0.123 e. The Hall–Kier alpha value is -1.14. The van der Waals surface area contributed by atoms with E-state index in [1.165, 1.54) is 0 Å². The van der Waals surface area contributed by atoms with Gasteiger partial charge in [0, 0.05) is 24.9 Å². The first-order valence-electron chi connectivity index (χ1n) is 6.09. The minimum Gasteiger partial charge on any atom is -0.491 e. The van der Waals surface area contributed by atoms with Crippen molar-refractivity contribution in [2.24, 2.45) is 5.73 Å². The van der Waals surface area contributed by atoms with Crippen LogP contribution in [0, 0.1) is 0 Å². The minimum absolute atomic E-state index is 0.131. The van der Waals surface area contributed by atoms with Gasteiger partial charge in [-0.15, -0.1) is 0 Å². The molecule has 1 aliphatic carbocycles. The first-order chi connectivity index (χ1) is 8.61. The van der Waals surface area contributed by atoms with Gasteiger partial charge in [-0.05, 0) is 11.6 Å². The van der Waals surface area contributed by atoms with Crippen LogP contribution in [0.2, 0.25) is 0 Å². The third kappa shape index (κ3) is 2.81. The summed E-state index contributed by atoms with van der Waals surface area (Å²) in [5, 5.41) is 28.7. The smallest absolute Gasteiger partial charge is 0.123 e. The second-order valence-corrected chi connectivity index (χ2v) is 4.64. The zero-order valence-electron chi connectivity index (χ0n) is 10.1. The Labute approximate surface area is 106 Å². The molecule has 0 aromatic heterocycles. The van der Waals surface area contributed by atoms with Crippen molar-refractivity contribution in [1.82, 2.24) is 0 Å². The van der Waals surface area contributed by atoms with Crippen LogP contribution in [0.3, 0.4) is 0 Å². The highest BCUT2D eigenvalue weighted by Crippen LogP contribution is 2.30. The highest BCUT2D eigenvalue weighted by molar-refractivity contribution is 5.43. The van der Waals surface area contributed by atoms with Crippen molar-refractivity contribution < 1.29 is 20.1 Å². The first kappa shape index (κ1) is 13.3. The predicted octanol–water partition coefficient (Wildman–Crippen LogP) is -0.795. The molecular weight excluding hydrogens is 234 g/mol. The molecule has 5 heteroatoms. The molecule has 0 spiro atoms. The summed E-state index contributed by atoms with van der Waals surface area (Å²) >= 11 is 0. The summed E-state index contributed by atoms with van der Waals surface area (Å²) in [6, 6.07) is 5.55. The molecule has 0 saturated heterocycles. The lowest BCUT2D eigenvalue weighted by atomic mass is 9.87. The second-order valence-electron chi connectivity index (χ2n) is 4.64. The van der Waals surface area contributed by atoms with E-state index in [0.717, 1.165) is 11.1 Å². The van der Waals surface area contributed by atoms with Gasteiger partial charge in [-0.25, -0.2) is 0 Å². The fraction of sp³-hybridized carbons (Fsp3) is 0.538. The largest absolute Gasteiger partial charge is 0.491 e. The van der Waals surface area contributed by atoms with Crippen molar-refractivity contribution in [1.29, 1.82) is 0 Å². The van der Waals surface area contributed by atoms with Crippen LogP contribution in [0.5, 0.6) is 5.75 Å². The van der Waals surface area contributed by atoms with Crippen LogP contribution in [-0.4, -0.2) is 46.8 Å². The van der Waals surface area contributed by atoms with Gasteiger partial charge < -0.3 is 25.8 Å². The first-order valence-corrected chi connectivity index (χ1v) is 6.09. The maximum absolute atomic E-state index is 9.70. The number of nitrogens with two attached hydrogens (primary N) is 1. The molecule has 100 valence electrons. The fourth-order valence-corrected chi connectivity index (χ4v) is 2.13. The van der Waals surface area contributed by atoms with Gasteiger partial charge >= 0.3 is 0 Å². The van der Waals surface area contributed by atoms with Gasteiger partial charge in [-0.2, -0.15) is 0 Å². The highest BCUT2D eigenvalue weighted by atomic mass is 16.5. The monoisotopic (exact) mass is 253 g/mol. The van der Waals surface area contributed by atoms with E-state index in [1.54, 1.807) is 6.07 Å². The fourth-order valence-electron chi connectivity index (χ4n) is 2.13. The lowest BCUT2D eigenvalue weighted by Crippen LogP contribution is -2.35. The third-order valence-electron chi connectivity index (χ3n) is 3.22. The van der Waals surface area contributed by atoms with E-state index in [9.17, 15) is 15.3 Å². The van der Waals surface area contributed by atoms with Crippen LogP contribution in [-0.2, 0) is 12.8 Å². The molecule has 1 aromatic rings. The zero-order chi connectivity index (χ0) is 13.1. The normalized spacial score (nSPS) is 24.4. The van der Waals surface area contributed by atoms with Crippen molar-refractivity contribution in [2.75, 3.05) is 13.2 Å². The van der Waals surface area contributed by atoms with Gasteiger partial charge in [-0.1, -0.05) is 12.1 Å². The Kier molecular flexibility index (Phi) is 4.19. The summed E-state index contributed by atoms with van der Waals surface area (Å²) in [6.45, 7) is 0.280. The molecule has 0 fully saturated rings. The molecule has 3 atom stereocenters. The Balaban J connectivity index is 2.15. The molecule has 0 saturated carbocycles. The van der Waals surface area contributed by atoms with Gasteiger partial charge in [0.2, 0.25) is 0 Å². The lowest BCUT2D eigenvalue weighted by Gasteiger charge is -2.27. The summed E-state index contributed by atoms with van der Waals surface area (Å²) in [6.07, 6.45) is -1.39. The molecule has 18 heavy (non-hydrogen) atoms. The van der Waals surface area contributed by atoms with Gasteiger partial charge in [0.25, 0.3) is 0 Å². The molecule has 1 unspecified atom stereocenters. The summed E-state index contributed by atoms with van der Waals surface area (Å²) in [4.78, 5) is 0. The molecule has 0 amide bonds. The number of rotatable bonds is 4. The SMILES string of the molecule is NCC(O)COc1cccc2c1C[C@H](O)[C@H](O)C2. The average Bonchev–Trinajstić information content (AvgIpc) is 2.37. The Morgan fingerprint density at radius 2 is 2.00 bits per heavy atom. The van der Waals surface area contributed by atoms with E-state index in [2.05, 4.69) is 0 Å². The third-order valence-corrected chi connectivity index (χ3v) is 3.22. The van der Waals surface area contributed by atoms with E-state index < -0.39 is 18.3 Å². The molecule has 0 radical (unpaired) electrons. The van der Waals surface area contributed by atoms with E-state index in [4.69, 9.17) is 10.5 Å². The highest BCUT2D eigenvalue weighted by Gasteiger charge is 2.27. The van der Waals surface area contributed by atoms with Crippen molar-refractivity contribution in [3.63, 3.8) is 0 Å². The van der Waals surface area contributed by atoms with E-state index in [0.29, 0.717) is 18.6 Å². The molecule has 0 bridgehead atoms. The molecule has 0 aliphatic heterocycles. The van der Waals surface area contributed by atoms with Crippen LogP contribution < -0.4 is 10.5 Å². The van der Waals surface area contributed by atoms with Gasteiger partial charge in [0.15, 0.2) is 0 Å². The summed E-state index contributed by atoms with van der Waals surface area (Å²) in [5.74, 6) is 0.644. The lowest BCUT2D eigenvalue weighted by molar-refractivity contribution is 0.0132. The van der Waals surface area contributed by atoms with E-state index in [1.807, 2.05) is 12.1 Å². The molecule has 1 aromatic carbocycles. The predicted molar refractivity (Wildman–Crippen MR) is 66.4 cm³/mol. The Morgan fingerprint density at radius 1 is 1.28 bits per heavy atom. The molecule has 1 aliphatic rings. The standard InChI is InChI=1S/C13H19NO4/c14-6-9(15)7-18-13-3-1-2-8-4-11(16)12(17)5-10(8)13/h1-3,9,11-12,15-17H,4-7,14H2/t9?,11-,12+/m1/s1. The zero-order valence-corrected chi connectivity index (χ0v) is 10.1. The number of aliphatic hydroxyl groups is 3. The van der Waals surface area contributed by atoms with Gasteiger partial charge in [0.1, 0.15) is 18.5 Å². The topological polar surface area (TPSA) is 95.9 Å². The van der Waals surface area contributed by atoms with Crippen LogP contribution in [0.1, 0.15) is 11.1 Å². The van der Waals surface area contributed by atoms with Crippen LogP contribution >= 0.6 is 0 Å². The molecule has 0 heterocycles. The summed E-state index contributed by atoms with van der Waals surface area (Å²) < 4.78 is 5.52. The Morgan fingerprint density at radius 3 is 2.72 bits per heavy atom. The van der Waals surface area contributed by atoms with Gasteiger partial charge in [-0.3, -0.25) is 0 Å². The average molecular weight is 253 g/mol. The van der Waals surface area contributed by atoms with Crippen LogP contribution in [0.4, 0.5) is 0 Å². The number of fused-ring (bicyclic) bond motifs is 1. The van der Waals surface area contributed by atoms with Crippen LogP contribution in [0.15, 0.2) is 18.2 Å². The van der Waals surface area contributed by atoms with Crippen LogP contribution in [0.25, 0.3) is 0 Å². The number of aliphatic hydroxyl groups excluding tert-OH is 3. The summed E-state index contributed by atoms with van der Waals surface area (Å²) in [7, 11) is 0. The number of benzene rings is 1. The number of hydrogen-bond donors (Lipinski definition) is 4. The molecule has 2 rings (SSSR count). The van der Waals surface area contributed by atoms with Crippen molar-refractivity contribution in [3.05, 3.63) is 29.3 Å². The van der Waals surface area contributed by atoms with Crippen molar-refractivity contribution in [2.45, 2.75) is 31.2 Å². The second kappa shape index (κ2) is 5.67. The molecule has 5 nitrogen and oxygen atoms in total. The van der Waals surface area contributed by atoms with Gasteiger partial charge in [0.05, 0.1) is 12.2 Å². The van der Waals surface area contributed by atoms with Crippen molar-refractivity contribution in [3.8, 4) is 5.75 Å². The Bertz CT molecular complexity index is 410. The summed E-state index contributed by atoms with van der Waals surface area (Å²) in [5.41, 5.74) is 7.19. The number of hydrogen-bond acceptors (Lipinski definition) is 5. The number of ether oxygens (including phenoxy) is 1. The minimum atomic E-state index is -0.762.